The molecule has 4 heteroatoms. The van der Waals surface area contributed by atoms with Crippen molar-refractivity contribution in [3.63, 3.8) is 0 Å². The highest BCUT2D eigenvalue weighted by Gasteiger charge is 2.20. The Morgan fingerprint density at radius 2 is 2.12 bits per heavy atom. The molecule has 0 bridgehead atoms. The summed E-state index contributed by atoms with van der Waals surface area (Å²) in [4.78, 5) is 2.36. The first-order valence-electron chi connectivity index (χ1n) is 6.89. The first-order valence-corrected chi connectivity index (χ1v) is 6.89. The lowest BCUT2D eigenvalue weighted by molar-refractivity contribution is 0.0144. The van der Waals surface area contributed by atoms with Gasteiger partial charge in [0.05, 0.1) is 12.7 Å². The number of nitrogens with zero attached hydrogens (tertiary/aromatic N) is 1. The summed E-state index contributed by atoms with van der Waals surface area (Å²) < 4.78 is 5.23. The van der Waals surface area contributed by atoms with Gasteiger partial charge in [0.2, 0.25) is 0 Å². The Hall–Kier alpha value is -0.160. The number of β-amino-alcohol motifs (C(OH)–C–C–N with tert-alkyl or cyclic N) is 1. The van der Waals surface area contributed by atoms with Crippen LogP contribution in [0.3, 0.4) is 0 Å². The lowest BCUT2D eigenvalue weighted by Gasteiger charge is -2.33. The lowest BCUT2D eigenvalue weighted by atomic mass is 9.93. The first kappa shape index (κ1) is 14.9. The average Bonchev–Trinajstić information content (AvgIpc) is 2.35. The van der Waals surface area contributed by atoms with Gasteiger partial charge >= 0.3 is 0 Å². The smallest absolute Gasteiger partial charge is 0.0900 e. The van der Waals surface area contributed by atoms with Crippen LogP contribution in [0.25, 0.3) is 0 Å². The topological polar surface area (TPSA) is 44.7 Å². The number of nitrogens with one attached hydrogen (secondary N) is 1. The van der Waals surface area contributed by atoms with E-state index in [2.05, 4.69) is 10.2 Å². The summed E-state index contributed by atoms with van der Waals surface area (Å²) in [5.41, 5.74) is 0. The van der Waals surface area contributed by atoms with Gasteiger partial charge in [-0.05, 0) is 58.8 Å². The Balaban J connectivity index is 2.09. The van der Waals surface area contributed by atoms with Crippen molar-refractivity contribution >= 4 is 0 Å². The largest absolute Gasteiger partial charge is 0.389 e. The number of hydrogen-bond donors (Lipinski definition) is 2. The average molecular weight is 244 g/mol. The van der Waals surface area contributed by atoms with Crippen LogP contribution in [0.5, 0.6) is 0 Å². The molecule has 1 saturated heterocycles. The third-order valence-electron chi connectivity index (χ3n) is 3.49. The van der Waals surface area contributed by atoms with E-state index in [9.17, 15) is 5.11 Å². The summed E-state index contributed by atoms with van der Waals surface area (Å²) in [6.45, 7) is 7.24. The summed E-state index contributed by atoms with van der Waals surface area (Å²) in [6, 6.07) is 0. The second-order valence-electron chi connectivity index (χ2n) is 4.95. The highest BCUT2D eigenvalue weighted by Crippen LogP contribution is 2.19. The number of rotatable bonds is 8. The normalized spacial score (nSPS) is 20.6. The summed E-state index contributed by atoms with van der Waals surface area (Å²) in [6.07, 6.45) is 3.49. The van der Waals surface area contributed by atoms with E-state index in [1.807, 2.05) is 14.0 Å². The highest BCUT2D eigenvalue weighted by atomic mass is 16.5. The van der Waals surface area contributed by atoms with Crippen LogP contribution in [-0.2, 0) is 4.74 Å². The monoisotopic (exact) mass is 244 g/mol. The molecule has 1 atom stereocenters. The highest BCUT2D eigenvalue weighted by molar-refractivity contribution is 4.74. The van der Waals surface area contributed by atoms with Gasteiger partial charge in [0.15, 0.2) is 0 Å². The standard InChI is InChI=1S/C13H28N2O2/c1-3-17-11-13(16)10-15-8-5-12(6-9-15)4-7-14-2/h12-14,16H,3-11H2,1-2H3. The van der Waals surface area contributed by atoms with Crippen molar-refractivity contribution in [3.8, 4) is 0 Å². The van der Waals surface area contributed by atoms with Gasteiger partial charge in [0.25, 0.3) is 0 Å². The van der Waals surface area contributed by atoms with E-state index >= 15 is 0 Å². The van der Waals surface area contributed by atoms with Gasteiger partial charge in [-0.1, -0.05) is 0 Å². The maximum atomic E-state index is 9.76. The van der Waals surface area contributed by atoms with Gasteiger partial charge in [-0.3, -0.25) is 0 Å². The van der Waals surface area contributed by atoms with Gasteiger partial charge < -0.3 is 20.1 Å². The van der Waals surface area contributed by atoms with E-state index in [1.54, 1.807) is 0 Å². The molecule has 4 nitrogen and oxygen atoms in total. The fraction of sp³-hybridized carbons (Fsp3) is 1.00. The fourth-order valence-electron chi connectivity index (χ4n) is 2.41. The molecule has 1 unspecified atom stereocenters. The SMILES string of the molecule is CCOCC(O)CN1CCC(CCNC)CC1. The van der Waals surface area contributed by atoms with E-state index in [4.69, 9.17) is 4.74 Å². The zero-order valence-electron chi connectivity index (χ0n) is 11.3. The zero-order chi connectivity index (χ0) is 12.5. The molecule has 2 N–H and O–H groups in total. The van der Waals surface area contributed by atoms with Crippen LogP contribution >= 0.6 is 0 Å². The molecular weight excluding hydrogens is 216 g/mol. The lowest BCUT2D eigenvalue weighted by Crippen LogP contribution is -2.40. The number of hydrogen-bond acceptors (Lipinski definition) is 4. The van der Waals surface area contributed by atoms with Gasteiger partial charge in [-0.15, -0.1) is 0 Å². The van der Waals surface area contributed by atoms with E-state index < -0.39 is 0 Å². The molecule has 1 fully saturated rings. The van der Waals surface area contributed by atoms with Crippen LogP contribution < -0.4 is 5.32 Å². The van der Waals surface area contributed by atoms with Crippen molar-refractivity contribution in [2.75, 3.05) is 46.4 Å². The third kappa shape index (κ3) is 6.36. The van der Waals surface area contributed by atoms with E-state index in [0.29, 0.717) is 13.2 Å². The minimum absolute atomic E-state index is 0.330. The number of ether oxygens (including phenoxy) is 1. The summed E-state index contributed by atoms with van der Waals surface area (Å²) in [5.74, 6) is 0.864. The predicted molar refractivity (Wildman–Crippen MR) is 70.2 cm³/mol. The van der Waals surface area contributed by atoms with Crippen molar-refractivity contribution < 1.29 is 9.84 Å². The van der Waals surface area contributed by atoms with Crippen LogP contribution in [0.2, 0.25) is 0 Å². The molecule has 1 heterocycles. The molecule has 1 aliphatic heterocycles. The molecule has 0 aromatic rings. The summed E-state index contributed by atoms with van der Waals surface area (Å²) in [5, 5.41) is 13.0. The molecular formula is C13H28N2O2. The van der Waals surface area contributed by atoms with Crippen molar-refractivity contribution in [2.24, 2.45) is 5.92 Å². The molecule has 1 aliphatic rings. The molecule has 0 amide bonds. The number of aliphatic hydroxyl groups is 1. The fourth-order valence-corrected chi connectivity index (χ4v) is 2.41. The number of aliphatic hydroxyl groups excluding tert-OH is 1. The molecule has 1 rings (SSSR count). The molecule has 0 saturated carbocycles. The van der Waals surface area contributed by atoms with Crippen LogP contribution in [-0.4, -0.2) is 62.6 Å². The van der Waals surface area contributed by atoms with Crippen LogP contribution in [0.15, 0.2) is 0 Å². The van der Waals surface area contributed by atoms with Gasteiger partial charge in [-0.2, -0.15) is 0 Å². The summed E-state index contributed by atoms with van der Waals surface area (Å²) >= 11 is 0. The van der Waals surface area contributed by atoms with E-state index in [0.717, 1.165) is 32.1 Å². The third-order valence-corrected chi connectivity index (χ3v) is 3.49. The van der Waals surface area contributed by atoms with Gasteiger partial charge in [-0.25, -0.2) is 0 Å². The molecule has 0 radical (unpaired) electrons. The molecule has 17 heavy (non-hydrogen) atoms. The Labute approximate surface area is 105 Å². The maximum absolute atomic E-state index is 9.76. The quantitative estimate of drug-likeness (QED) is 0.660. The van der Waals surface area contributed by atoms with E-state index in [-0.39, 0.29) is 6.10 Å². The minimum Gasteiger partial charge on any atom is -0.389 e. The second-order valence-corrected chi connectivity index (χ2v) is 4.95. The van der Waals surface area contributed by atoms with Gasteiger partial charge in [0.1, 0.15) is 0 Å². The first-order chi connectivity index (χ1) is 8.26. The Morgan fingerprint density at radius 3 is 2.71 bits per heavy atom. The van der Waals surface area contributed by atoms with Gasteiger partial charge in [0, 0.05) is 13.2 Å². The Morgan fingerprint density at radius 1 is 1.41 bits per heavy atom. The van der Waals surface area contributed by atoms with Crippen molar-refractivity contribution in [1.29, 1.82) is 0 Å². The van der Waals surface area contributed by atoms with Crippen LogP contribution in [0.1, 0.15) is 26.2 Å². The van der Waals surface area contributed by atoms with E-state index in [1.165, 1.54) is 19.3 Å². The van der Waals surface area contributed by atoms with Crippen LogP contribution in [0.4, 0.5) is 0 Å². The maximum Gasteiger partial charge on any atom is 0.0900 e. The molecule has 0 spiro atoms. The van der Waals surface area contributed by atoms with Crippen molar-refractivity contribution in [3.05, 3.63) is 0 Å². The number of piperidine rings is 1. The zero-order valence-corrected chi connectivity index (χ0v) is 11.3. The molecule has 102 valence electrons. The predicted octanol–water partition coefficient (Wildman–Crippen LogP) is 0.705. The molecule has 0 aromatic carbocycles. The van der Waals surface area contributed by atoms with Crippen molar-refractivity contribution in [1.82, 2.24) is 10.2 Å². The second kappa shape index (κ2) is 8.86. The minimum atomic E-state index is -0.330. The molecule has 0 aliphatic carbocycles. The Kier molecular flexibility index (Phi) is 7.77. The van der Waals surface area contributed by atoms with Crippen molar-refractivity contribution in [2.45, 2.75) is 32.3 Å². The Bertz CT molecular complexity index is 182. The number of likely N-dealkylation sites (tertiary alicyclic amines) is 1. The summed E-state index contributed by atoms with van der Waals surface area (Å²) in [7, 11) is 2.01. The molecule has 0 aromatic heterocycles. The van der Waals surface area contributed by atoms with Crippen LogP contribution in [0, 0.1) is 5.92 Å².